The standard InChI is InChI=1S/C27H24N4O2S/c32-26-21-9-3-4-10-22(21)27(33)31(26)18-20-8-2-1-7-19(20)17-29-13-15-30(16-14-29)25-23-11-5-6-12-24(23)34-28-25/h1-12H,13-18H2. The van der Waals surface area contributed by atoms with Gasteiger partial charge in [-0.25, -0.2) is 0 Å². The van der Waals surface area contributed by atoms with Gasteiger partial charge in [0.05, 0.1) is 22.4 Å². The third-order valence-corrected chi connectivity index (χ3v) is 7.57. The molecule has 2 aliphatic heterocycles. The van der Waals surface area contributed by atoms with E-state index in [1.54, 1.807) is 35.8 Å². The van der Waals surface area contributed by atoms with Crippen molar-refractivity contribution in [2.45, 2.75) is 13.1 Å². The highest BCUT2D eigenvalue weighted by Crippen LogP contribution is 2.30. The van der Waals surface area contributed by atoms with Gasteiger partial charge in [-0.15, -0.1) is 0 Å². The van der Waals surface area contributed by atoms with Crippen molar-refractivity contribution in [3.63, 3.8) is 0 Å². The van der Waals surface area contributed by atoms with Gasteiger partial charge in [-0.1, -0.05) is 48.5 Å². The summed E-state index contributed by atoms with van der Waals surface area (Å²) in [5.74, 6) is 0.672. The minimum Gasteiger partial charge on any atom is -0.353 e. The number of piperazine rings is 1. The van der Waals surface area contributed by atoms with Crippen molar-refractivity contribution in [2.75, 3.05) is 31.1 Å². The molecule has 1 saturated heterocycles. The van der Waals surface area contributed by atoms with Crippen molar-refractivity contribution in [3.8, 4) is 0 Å². The first-order chi connectivity index (χ1) is 16.7. The normalized spacial score (nSPS) is 16.5. The summed E-state index contributed by atoms with van der Waals surface area (Å²) in [5, 5.41) is 1.23. The lowest BCUT2D eigenvalue weighted by atomic mass is 10.1. The fourth-order valence-corrected chi connectivity index (χ4v) is 5.67. The van der Waals surface area contributed by atoms with Crippen molar-refractivity contribution >= 4 is 39.3 Å². The predicted octanol–water partition coefficient (Wildman–Crippen LogP) is 4.41. The van der Waals surface area contributed by atoms with Gasteiger partial charge in [0.25, 0.3) is 11.8 Å². The molecule has 2 aliphatic rings. The molecule has 0 N–H and O–H groups in total. The van der Waals surface area contributed by atoms with Gasteiger partial charge in [0.2, 0.25) is 0 Å². The minimum absolute atomic E-state index is 0.209. The van der Waals surface area contributed by atoms with Crippen molar-refractivity contribution in [3.05, 3.63) is 95.1 Å². The molecule has 0 atom stereocenters. The van der Waals surface area contributed by atoms with Crippen LogP contribution in [0.25, 0.3) is 10.1 Å². The van der Waals surface area contributed by atoms with E-state index < -0.39 is 0 Å². The Bertz CT molecular complexity index is 1360. The minimum atomic E-state index is -0.209. The molecule has 2 amide bonds. The van der Waals surface area contributed by atoms with E-state index in [1.807, 2.05) is 18.2 Å². The van der Waals surface area contributed by atoms with Gasteiger partial charge in [0.15, 0.2) is 0 Å². The summed E-state index contributed by atoms with van der Waals surface area (Å²) >= 11 is 1.56. The molecule has 0 bridgehead atoms. The van der Waals surface area contributed by atoms with Crippen molar-refractivity contribution < 1.29 is 9.59 Å². The van der Waals surface area contributed by atoms with Crippen molar-refractivity contribution in [1.82, 2.24) is 14.2 Å². The second kappa shape index (κ2) is 8.66. The summed E-state index contributed by atoms with van der Waals surface area (Å²) in [7, 11) is 0. The Hall–Kier alpha value is -3.55. The molecular formula is C27H24N4O2S. The van der Waals surface area contributed by atoms with Gasteiger partial charge < -0.3 is 4.90 Å². The Morgan fingerprint density at radius 2 is 1.29 bits per heavy atom. The summed E-state index contributed by atoms with van der Waals surface area (Å²) < 4.78 is 5.93. The third-order valence-electron chi connectivity index (χ3n) is 6.75. The number of hydrogen-bond donors (Lipinski definition) is 0. The fraction of sp³-hybridized carbons (Fsp3) is 0.222. The Morgan fingerprint density at radius 3 is 2.00 bits per heavy atom. The average Bonchev–Trinajstić information content (AvgIpc) is 3.41. The average molecular weight is 469 g/mol. The number of aromatic nitrogens is 1. The number of hydrogen-bond acceptors (Lipinski definition) is 6. The molecule has 7 heteroatoms. The molecule has 0 aliphatic carbocycles. The zero-order valence-corrected chi connectivity index (χ0v) is 19.5. The molecule has 0 radical (unpaired) electrons. The molecular weight excluding hydrogens is 444 g/mol. The summed E-state index contributed by atoms with van der Waals surface area (Å²) in [6.45, 7) is 4.82. The highest BCUT2D eigenvalue weighted by atomic mass is 32.1. The van der Waals surface area contributed by atoms with Gasteiger partial charge in [-0.2, -0.15) is 4.37 Å². The van der Waals surface area contributed by atoms with Crippen LogP contribution in [-0.4, -0.2) is 52.2 Å². The largest absolute Gasteiger partial charge is 0.353 e. The maximum absolute atomic E-state index is 12.8. The number of carbonyl (C=O) groups excluding carboxylic acids is 2. The maximum Gasteiger partial charge on any atom is 0.261 e. The second-order valence-electron chi connectivity index (χ2n) is 8.78. The van der Waals surface area contributed by atoms with E-state index in [9.17, 15) is 9.59 Å². The first kappa shape index (κ1) is 21.0. The monoisotopic (exact) mass is 468 g/mol. The lowest BCUT2D eigenvalue weighted by Gasteiger charge is -2.35. The van der Waals surface area contributed by atoms with E-state index in [1.165, 1.54) is 15.0 Å². The van der Waals surface area contributed by atoms with E-state index in [0.29, 0.717) is 17.7 Å². The SMILES string of the molecule is O=C1c2ccccc2C(=O)N1Cc1ccccc1CN1CCN(c2nsc3ccccc23)CC1. The number of imide groups is 1. The van der Waals surface area contributed by atoms with E-state index in [-0.39, 0.29) is 11.8 Å². The molecule has 170 valence electrons. The number of amides is 2. The third kappa shape index (κ3) is 3.67. The number of nitrogens with zero attached hydrogens (tertiary/aromatic N) is 4. The predicted molar refractivity (Wildman–Crippen MR) is 134 cm³/mol. The molecule has 34 heavy (non-hydrogen) atoms. The van der Waals surface area contributed by atoms with Gasteiger partial charge >= 0.3 is 0 Å². The molecule has 0 spiro atoms. The van der Waals surface area contributed by atoms with Crippen LogP contribution in [0.4, 0.5) is 5.82 Å². The Balaban J connectivity index is 1.14. The highest BCUT2D eigenvalue weighted by Gasteiger charge is 2.35. The molecule has 1 aromatic heterocycles. The van der Waals surface area contributed by atoms with E-state index in [2.05, 4.69) is 40.1 Å². The second-order valence-corrected chi connectivity index (χ2v) is 9.58. The first-order valence-electron chi connectivity index (χ1n) is 11.5. The Kier molecular flexibility index (Phi) is 5.36. The summed E-state index contributed by atoms with van der Waals surface area (Å²) in [6.07, 6.45) is 0. The van der Waals surface area contributed by atoms with Crippen molar-refractivity contribution in [2.24, 2.45) is 0 Å². The van der Waals surface area contributed by atoms with E-state index >= 15 is 0 Å². The van der Waals surface area contributed by atoms with Crippen LogP contribution >= 0.6 is 11.5 Å². The van der Waals surface area contributed by atoms with Crippen LogP contribution in [0.2, 0.25) is 0 Å². The lowest BCUT2D eigenvalue weighted by molar-refractivity contribution is 0.0641. The molecule has 4 aromatic rings. The van der Waals surface area contributed by atoms with Crippen LogP contribution in [0.3, 0.4) is 0 Å². The highest BCUT2D eigenvalue weighted by molar-refractivity contribution is 7.13. The van der Waals surface area contributed by atoms with Crippen LogP contribution in [-0.2, 0) is 13.1 Å². The molecule has 6 rings (SSSR count). The maximum atomic E-state index is 12.8. The fourth-order valence-electron chi connectivity index (χ4n) is 4.88. The molecule has 0 saturated carbocycles. The summed E-state index contributed by atoms with van der Waals surface area (Å²) in [6, 6.07) is 23.6. The Morgan fingerprint density at radius 1 is 0.706 bits per heavy atom. The zero-order valence-electron chi connectivity index (χ0n) is 18.7. The molecule has 3 heterocycles. The summed E-state index contributed by atoms with van der Waals surface area (Å²) in [5.41, 5.74) is 3.17. The smallest absolute Gasteiger partial charge is 0.261 e. The number of carbonyl (C=O) groups is 2. The van der Waals surface area contributed by atoms with E-state index in [0.717, 1.165) is 49.7 Å². The van der Waals surface area contributed by atoms with Crippen LogP contribution in [0, 0.1) is 0 Å². The van der Waals surface area contributed by atoms with E-state index in [4.69, 9.17) is 4.37 Å². The topological polar surface area (TPSA) is 56.8 Å². The molecule has 6 nitrogen and oxygen atoms in total. The number of anilines is 1. The number of fused-ring (bicyclic) bond motifs is 2. The number of rotatable bonds is 5. The zero-order chi connectivity index (χ0) is 23.1. The first-order valence-corrected chi connectivity index (χ1v) is 12.3. The quantitative estimate of drug-likeness (QED) is 0.406. The van der Waals surface area contributed by atoms with Crippen LogP contribution in [0.1, 0.15) is 31.8 Å². The van der Waals surface area contributed by atoms with Gasteiger partial charge in [0.1, 0.15) is 5.82 Å². The number of benzene rings is 3. The Labute approximate surface area is 202 Å². The van der Waals surface area contributed by atoms with Crippen LogP contribution < -0.4 is 4.90 Å². The summed E-state index contributed by atoms with van der Waals surface area (Å²) in [4.78, 5) is 31.9. The molecule has 3 aromatic carbocycles. The van der Waals surface area contributed by atoms with Gasteiger partial charge in [-0.3, -0.25) is 19.4 Å². The van der Waals surface area contributed by atoms with Crippen molar-refractivity contribution in [1.29, 1.82) is 0 Å². The lowest BCUT2D eigenvalue weighted by Crippen LogP contribution is -2.46. The van der Waals surface area contributed by atoms with Crippen LogP contribution in [0.15, 0.2) is 72.8 Å². The van der Waals surface area contributed by atoms with Gasteiger partial charge in [-0.05, 0) is 46.9 Å². The van der Waals surface area contributed by atoms with Crippen LogP contribution in [0.5, 0.6) is 0 Å². The molecule has 1 fully saturated rings. The van der Waals surface area contributed by atoms with Gasteiger partial charge in [0, 0.05) is 38.1 Å². The molecule has 0 unspecified atom stereocenters.